The van der Waals surface area contributed by atoms with Crippen LogP contribution in [-0.2, 0) is 9.53 Å². The summed E-state index contributed by atoms with van der Waals surface area (Å²) in [4.78, 5) is 32.9. The number of rotatable bonds is 2. The van der Waals surface area contributed by atoms with Gasteiger partial charge in [0.05, 0.1) is 19.8 Å². The van der Waals surface area contributed by atoms with E-state index in [9.17, 15) is 14.0 Å². The van der Waals surface area contributed by atoms with E-state index in [4.69, 9.17) is 4.74 Å². The lowest BCUT2D eigenvalue weighted by Gasteiger charge is -2.32. The van der Waals surface area contributed by atoms with Gasteiger partial charge in [0.25, 0.3) is 5.56 Å². The molecule has 4 heterocycles. The van der Waals surface area contributed by atoms with Crippen LogP contribution >= 0.6 is 0 Å². The molecule has 0 N–H and O–H groups in total. The second kappa shape index (κ2) is 6.44. The van der Waals surface area contributed by atoms with Crippen LogP contribution in [0.15, 0.2) is 35.3 Å². The summed E-state index contributed by atoms with van der Waals surface area (Å²) in [5.74, 6) is 0.224. The van der Waals surface area contributed by atoms with Gasteiger partial charge in [0, 0.05) is 31.8 Å². The number of ether oxygens (including phenoxy) is 1. The van der Waals surface area contributed by atoms with Crippen molar-refractivity contribution in [2.75, 3.05) is 37.7 Å². The number of carbonyl (C=O) groups is 1. The van der Waals surface area contributed by atoms with Crippen molar-refractivity contribution in [2.24, 2.45) is 0 Å². The SMILES string of the molecule is O=C([C@@H]1C[C@@H](F)CN1c1cc(=O)n2ccccc2n1)N1CCOCC1. The Morgan fingerprint density at radius 2 is 2.08 bits per heavy atom. The zero-order chi connectivity index (χ0) is 17.4. The first kappa shape index (κ1) is 16.0. The van der Waals surface area contributed by atoms with Crippen molar-refractivity contribution in [3.05, 3.63) is 40.8 Å². The third-order valence-electron chi connectivity index (χ3n) is 4.71. The molecule has 8 heteroatoms. The highest BCUT2D eigenvalue weighted by atomic mass is 19.1. The molecule has 0 aromatic carbocycles. The quantitative estimate of drug-likeness (QED) is 0.791. The molecule has 2 saturated heterocycles. The van der Waals surface area contributed by atoms with Crippen LogP contribution < -0.4 is 10.5 Å². The molecule has 25 heavy (non-hydrogen) atoms. The minimum absolute atomic E-state index is 0.0657. The molecule has 2 aromatic rings. The van der Waals surface area contributed by atoms with E-state index in [1.165, 1.54) is 10.5 Å². The highest BCUT2D eigenvalue weighted by molar-refractivity contribution is 5.86. The summed E-state index contributed by atoms with van der Waals surface area (Å²) in [6, 6.07) is 5.97. The van der Waals surface area contributed by atoms with Gasteiger partial charge in [-0.3, -0.25) is 14.0 Å². The Balaban J connectivity index is 1.67. The molecule has 0 spiro atoms. The predicted molar refractivity (Wildman–Crippen MR) is 89.5 cm³/mol. The molecule has 2 fully saturated rings. The first-order valence-electron chi connectivity index (χ1n) is 8.39. The third kappa shape index (κ3) is 2.97. The van der Waals surface area contributed by atoms with E-state index < -0.39 is 12.2 Å². The van der Waals surface area contributed by atoms with Crippen molar-refractivity contribution in [1.82, 2.24) is 14.3 Å². The maximum atomic E-state index is 14.1. The largest absolute Gasteiger partial charge is 0.378 e. The highest BCUT2D eigenvalue weighted by Gasteiger charge is 2.40. The van der Waals surface area contributed by atoms with Crippen molar-refractivity contribution in [3.63, 3.8) is 0 Å². The Bertz CT molecular complexity index is 849. The maximum absolute atomic E-state index is 14.1. The average molecular weight is 346 g/mol. The van der Waals surface area contributed by atoms with E-state index in [-0.39, 0.29) is 24.4 Å². The van der Waals surface area contributed by atoms with Gasteiger partial charge in [-0.25, -0.2) is 9.37 Å². The van der Waals surface area contributed by atoms with Gasteiger partial charge in [-0.2, -0.15) is 0 Å². The lowest BCUT2D eigenvalue weighted by molar-refractivity contribution is -0.136. The summed E-state index contributed by atoms with van der Waals surface area (Å²) in [5, 5.41) is 0. The lowest BCUT2D eigenvalue weighted by Crippen LogP contribution is -2.50. The summed E-state index contributed by atoms with van der Waals surface area (Å²) < 4.78 is 20.8. The molecule has 7 nitrogen and oxygen atoms in total. The van der Waals surface area contributed by atoms with Gasteiger partial charge in [-0.1, -0.05) is 6.07 Å². The molecule has 132 valence electrons. The van der Waals surface area contributed by atoms with Gasteiger partial charge in [-0.05, 0) is 12.1 Å². The van der Waals surface area contributed by atoms with Gasteiger partial charge in [0.1, 0.15) is 23.7 Å². The fraction of sp³-hybridized carbons (Fsp3) is 0.471. The van der Waals surface area contributed by atoms with E-state index in [0.29, 0.717) is 37.8 Å². The first-order chi connectivity index (χ1) is 12.1. The van der Waals surface area contributed by atoms with Crippen LogP contribution in [0, 0.1) is 0 Å². The molecule has 2 aromatic heterocycles. The number of hydrogen-bond donors (Lipinski definition) is 0. The number of amides is 1. The fourth-order valence-corrected chi connectivity index (χ4v) is 3.45. The van der Waals surface area contributed by atoms with Crippen LogP contribution in [0.1, 0.15) is 6.42 Å². The highest BCUT2D eigenvalue weighted by Crippen LogP contribution is 2.27. The first-order valence-corrected chi connectivity index (χ1v) is 8.39. The predicted octanol–water partition coefficient (Wildman–Crippen LogP) is 0.470. The Morgan fingerprint density at radius 3 is 2.88 bits per heavy atom. The summed E-state index contributed by atoms with van der Waals surface area (Å²) in [5.41, 5.74) is 0.227. The number of hydrogen-bond acceptors (Lipinski definition) is 5. The minimum Gasteiger partial charge on any atom is -0.378 e. The van der Waals surface area contributed by atoms with Crippen molar-refractivity contribution in [1.29, 1.82) is 0 Å². The number of pyridine rings is 1. The second-order valence-corrected chi connectivity index (χ2v) is 6.32. The fourth-order valence-electron chi connectivity index (χ4n) is 3.45. The summed E-state index contributed by atoms with van der Waals surface area (Å²) in [6.07, 6.45) is 0.629. The molecule has 0 bridgehead atoms. The normalized spacial score (nSPS) is 24.0. The van der Waals surface area contributed by atoms with Crippen LogP contribution in [-0.4, -0.2) is 65.3 Å². The smallest absolute Gasteiger partial charge is 0.259 e. The summed E-state index contributed by atoms with van der Waals surface area (Å²) in [7, 11) is 0. The number of anilines is 1. The zero-order valence-electron chi connectivity index (χ0n) is 13.7. The van der Waals surface area contributed by atoms with Crippen LogP contribution in [0.2, 0.25) is 0 Å². The molecule has 2 atom stereocenters. The van der Waals surface area contributed by atoms with Gasteiger partial charge < -0.3 is 14.5 Å². The van der Waals surface area contributed by atoms with Crippen LogP contribution in [0.4, 0.5) is 10.2 Å². The topological polar surface area (TPSA) is 67.2 Å². The van der Waals surface area contributed by atoms with Gasteiger partial charge in [0.2, 0.25) is 5.91 Å². The minimum atomic E-state index is -1.12. The van der Waals surface area contributed by atoms with E-state index in [1.54, 1.807) is 34.2 Å². The molecule has 0 radical (unpaired) electrons. The van der Waals surface area contributed by atoms with Crippen molar-refractivity contribution >= 4 is 17.4 Å². The Morgan fingerprint density at radius 1 is 1.28 bits per heavy atom. The van der Waals surface area contributed by atoms with Crippen molar-refractivity contribution in [3.8, 4) is 0 Å². The summed E-state index contributed by atoms with van der Waals surface area (Å²) >= 11 is 0. The number of nitrogens with zero attached hydrogens (tertiary/aromatic N) is 4. The molecule has 4 rings (SSSR count). The van der Waals surface area contributed by atoms with Crippen molar-refractivity contribution < 1.29 is 13.9 Å². The van der Waals surface area contributed by atoms with E-state index in [0.717, 1.165) is 0 Å². The number of carbonyl (C=O) groups excluding carboxylic acids is 1. The molecular formula is C17H19FN4O3. The number of morpholine rings is 1. The van der Waals surface area contributed by atoms with Crippen LogP contribution in [0.5, 0.6) is 0 Å². The molecule has 1 amide bonds. The van der Waals surface area contributed by atoms with Gasteiger partial charge >= 0.3 is 0 Å². The number of fused-ring (bicyclic) bond motifs is 1. The molecule has 0 unspecified atom stereocenters. The standard InChI is InChI=1S/C17H19FN4O3/c18-12-9-13(17(24)20-5-7-25-8-6-20)22(11-12)15-10-16(23)21-4-2-1-3-14(21)19-15/h1-4,10,12-13H,5-9,11H2/t12-,13+/m1/s1. The second-order valence-electron chi connectivity index (χ2n) is 6.32. The molecule has 0 saturated carbocycles. The zero-order valence-corrected chi connectivity index (χ0v) is 13.7. The molecular weight excluding hydrogens is 327 g/mol. The van der Waals surface area contributed by atoms with E-state index >= 15 is 0 Å². The number of alkyl halides is 1. The Hall–Kier alpha value is -2.48. The number of halogens is 1. The lowest BCUT2D eigenvalue weighted by atomic mass is 10.1. The molecule has 0 aliphatic carbocycles. The van der Waals surface area contributed by atoms with Crippen LogP contribution in [0.25, 0.3) is 5.65 Å². The average Bonchev–Trinajstić information content (AvgIpc) is 3.03. The molecule has 2 aliphatic rings. The summed E-state index contributed by atoms with van der Waals surface area (Å²) in [6.45, 7) is 2.07. The maximum Gasteiger partial charge on any atom is 0.259 e. The van der Waals surface area contributed by atoms with Gasteiger partial charge in [0.15, 0.2) is 0 Å². The Labute approximate surface area is 143 Å². The van der Waals surface area contributed by atoms with E-state index in [1.807, 2.05) is 0 Å². The molecule has 2 aliphatic heterocycles. The third-order valence-corrected chi connectivity index (χ3v) is 4.71. The Kier molecular flexibility index (Phi) is 4.12. The van der Waals surface area contributed by atoms with Crippen LogP contribution in [0.3, 0.4) is 0 Å². The monoisotopic (exact) mass is 346 g/mol. The number of aromatic nitrogens is 2. The van der Waals surface area contributed by atoms with Gasteiger partial charge in [-0.15, -0.1) is 0 Å². The van der Waals surface area contributed by atoms with E-state index in [2.05, 4.69) is 4.98 Å². The van der Waals surface area contributed by atoms with Crippen molar-refractivity contribution in [2.45, 2.75) is 18.6 Å².